The van der Waals surface area contributed by atoms with E-state index in [0.29, 0.717) is 0 Å². The molecule has 0 radical (unpaired) electrons. The summed E-state index contributed by atoms with van der Waals surface area (Å²) in [5.74, 6) is -0.0970. The quantitative estimate of drug-likeness (QED) is 0.907. The summed E-state index contributed by atoms with van der Waals surface area (Å²) in [7, 11) is 1.84. The molecule has 0 aliphatic carbocycles. The molecule has 0 aliphatic rings. The van der Waals surface area contributed by atoms with Gasteiger partial charge >= 0.3 is 0 Å². The van der Waals surface area contributed by atoms with E-state index in [1.165, 1.54) is 6.07 Å². The van der Waals surface area contributed by atoms with Crippen LogP contribution in [0, 0.1) is 12.7 Å². The summed E-state index contributed by atoms with van der Waals surface area (Å²) in [6.07, 6.45) is 1.71. The van der Waals surface area contributed by atoms with Gasteiger partial charge in [-0.15, -0.1) is 0 Å². The van der Waals surface area contributed by atoms with Gasteiger partial charge in [-0.2, -0.15) is 0 Å². The van der Waals surface area contributed by atoms with Crippen LogP contribution in [0.3, 0.4) is 0 Å². The fraction of sp³-hybridized carbons (Fsp3) is 0.312. The van der Waals surface area contributed by atoms with Crippen LogP contribution in [0.5, 0.6) is 5.75 Å². The van der Waals surface area contributed by atoms with Gasteiger partial charge in [0.2, 0.25) is 0 Å². The molecule has 2 rings (SSSR count). The van der Waals surface area contributed by atoms with Gasteiger partial charge in [0.25, 0.3) is 0 Å². The van der Waals surface area contributed by atoms with Crippen LogP contribution in [0.25, 0.3) is 0 Å². The molecular weight excluding hydrogens is 255 g/mol. The minimum absolute atomic E-state index is 0.108. The number of benzene rings is 1. The standard InChI is InChI=1S/C16H19FN2O/c1-11-5-4-8-19-15(11)10-20-16-7-6-13(9-14(16)17)12(2)18-3/h4-9,12,18H,10H2,1-3H3. The largest absolute Gasteiger partial charge is 0.484 e. The van der Waals surface area contributed by atoms with Gasteiger partial charge < -0.3 is 10.1 Å². The number of hydrogen-bond acceptors (Lipinski definition) is 3. The molecule has 0 spiro atoms. The molecule has 1 aromatic heterocycles. The normalized spacial score (nSPS) is 12.2. The van der Waals surface area contributed by atoms with E-state index in [9.17, 15) is 4.39 Å². The van der Waals surface area contributed by atoms with E-state index in [4.69, 9.17) is 4.74 Å². The number of nitrogens with one attached hydrogen (secondary N) is 1. The highest BCUT2D eigenvalue weighted by molar-refractivity contribution is 5.31. The number of halogens is 1. The number of ether oxygens (including phenoxy) is 1. The van der Waals surface area contributed by atoms with Crippen molar-refractivity contribution in [2.24, 2.45) is 0 Å². The van der Waals surface area contributed by atoms with Gasteiger partial charge in [-0.3, -0.25) is 4.98 Å². The molecule has 1 unspecified atom stereocenters. The maximum atomic E-state index is 14.0. The van der Waals surface area contributed by atoms with Gasteiger partial charge in [-0.1, -0.05) is 12.1 Å². The van der Waals surface area contributed by atoms with Crippen LogP contribution in [-0.4, -0.2) is 12.0 Å². The van der Waals surface area contributed by atoms with Crippen LogP contribution in [0.15, 0.2) is 36.5 Å². The second-order valence-corrected chi connectivity index (χ2v) is 4.76. The highest BCUT2D eigenvalue weighted by Crippen LogP contribution is 2.22. The first kappa shape index (κ1) is 14.5. The average molecular weight is 274 g/mol. The molecule has 4 heteroatoms. The first-order valence-electron chi connectivity index (χ1n) is 6.62. The number of hydrogen-bond donors (Lipinski definition) is 1. The fourth-order valence-electron chi connectivity index (χ4n) is 1.89. The zero-order valence-electron chi connectivity index (χ0n) is 12.0. The van der Waals surface area contributed by atoms with Crippen molar-refractivity contribution in [1.82, 2.24) is 10.3 Å². The molecule has 0 bridgehead atoms. The Balaban J connectivity index is 2.09. The molecular formula is C16H19FN2O. The fourth-order valence-corrected chi connectivity index (χ4v) is 1.89. The molecule has 0 saturated heterocycles. The van der Waals surface area contributed by atoms with E-state index in [2.05, 4.69) is 10.3 Å². The second kappa shape index (κ2) is 6.48. The molecule has 0 saturated carbocycles. The smallest absolute Gasteiger partial charge is 0.165 e. The van der Waals surface area contributed by atoms with Gasteiger partial charge in [0.15, 0.2) is 11.6 Å². The van der Waals surface area contributed by atoms with Crippen molar-refractivity contribution in [2.45, 2.75) is 26.5 Å². The summed E-state index contributed by atoms with van der Waals surface area (Å²) in [5.41, 5.74) is 2.75. The van der Waals surface area contributed by atoms with Crippen molar-refractivity contribution in [3.63, 3.8) is 0 Å². The van der Waals surface area contributed by atoms with Gasteiger partial charge in [-0.05, 0) is 50.2 Å². The lowest BCUT2D eigenvalue weighted by Crippen LogP contribution is -2.12. The highest BCUT2D eigenvalue weighted by Gasteiger charge is 2.09. The Labute approximate surface area is 118 Å². The lowest BCUT2D eigenvalue weighted by Gasteiger charge is -2.13. The maximum Gasteiger partial charge on any atom is 0.165 e. The minimum atomic E-state index is -0.349. The number of aromatic nitrogens is 1. The molecule has 20 heavy (non-hydrogen) atoms. The predicted molar refractivity (Wildman–Crippen MR) is 77.2 cm³/mol. The zero-order valence-corrected chi connectivity index (χ0v) is 12.0. The molecule has 0 fully saturated rings. The molecule has 2 aromatic rings. The third kappa shape index (κ3) is 3.33. The number of nitrogens with zero attached hydrogens (tertiary/aromatic N) is 1. The molecule has 3 nitrogen and oxygen atoms in total. The van der Waals surface area contributed by atoms with Gasteiger partial charge in [0.1, 0.15) is 6.61 Å². The Morgan fingerprint density at radius 1 is 1.35 bits per heavy atom. The van der Waals surface area contributed by atoms with E-state index in [1.807, 2.05) is 39.1 Å². The Bertz CT molecular complexity index is 586. The molecule has 0 amide bonds. The van der Waals surface area contributed by atoms with Crippen molar-refractivity contribution < 1.29 is 9.13 Å². The lowest BCUT2D eigenvalue weighted by atomic mass is 10.1. The summed E-state index contributed by atoms with van der Waals surface area (Å²) in [6, 6.07) is 8.97. The van der Waals surface area contributed by atoms with E-state index < -0.39 is 0 Å². The van der Waals surface area contributed by atoms with Crippen molar-refractivity contribution in [1.29, 1.82) is 0 Å². The third-order valence-electron chi connectivity index (χ3n) is 3.37. The van der Waals surface area contributed by atoms with Crippen LogP contribution < -0.4 is 10.1 Å². The molecule has 0 aliphatic heterocycles. The summed E-state index contributed by atoms with van der Waals surface area (Å²) >= 11 is 0. The van der Waals surface area contributed by atoms with E-state index in [0.717, 1.165) is 16.8 Å². The van der Waals surface area contributed by atoms with Crippen molar-refractivity contribution in [2.75, 3.05) is 7.05 Å². The van der Waals surface area contributed by atoms with Crippen molar-refractivity contribution >= 4 is 0 Å². The van der Waals surface area contributed by atoms with Crippen LogP contribution >= 0.6 is 0 Å². The highest BCUT2D eigenvalue weighted by atomic mass is 19.1. The summed E-state index contributed by atoms with van der Waals surface area (Å²) in [6.45, 7) is 4.21. The first-order valence-corrected chi connectivity index (χ1v) is 6.62. The van der Waals surface area contributed by atoms with Crippen LogP contribution in [0.2, 0.25) is 0 Å². The Hall–Kier alpha value is -1.94. The zero-order chi connectivity index (χ0) is 14.5. The predicted octanol–water partition coefficient (Wildman–Crippen LogP) is 3.39. The molecule has 1 aromatic carbocycles. The van der Waals surface area contributed by atoms with Crippen LogP contribution in [-0.2, 0) is 6.61 Å². The minimum Gasteiger partial charge on any atom is -0.484 e. The summed E-state index contributed by atoms with van der Waals surface area (Å²) < 4.78 is 19.5. The van der Waals surface area contributed by atoms with Crippen LogP contribution in [0.1, 0.15) is 29.8 Å². The van der Waals surface area contributed by atoms with E-state index in [-0.39, 0.29) is 24.2 Å². The monoisotopic (exact) mass is 274 g/mol. The maximum absolute atomic E-state index is 14.0. The van der Waals surface area contributed by atoms with Gasteiger partial charge in [-0.25, -0.2) is 4.39 Å². The molecule has 1 N–H and O–H groups in total. The van der Waals surface area contributed by atoms with Crippen molar-refractivity contribution in [3.8, 4) is 5.75 Å². The molecule has 1 atom stereocenters. The average Bonchev–Trinajstić information content (AvgIpc) is 2.46. The lowest BCUT2D eigenvalue weighted by molar-refractivity contribution is 0.285. The first-order chi connectivity index (χ1) is 9.61. The number of rotatable bonds is 5. The van der Waals surface area contributed by atoms with E-state index in [1.54, 1.807) is 12.3 Å². The summed E-state index contributed by atoms with van der Waals surface area (Å²) in [4.78, 5) is 4.22. The number of pyridine rings is 1. The SMILES string of the molecule is CNC(C)c1ccc(OCc2ncccc2C)c(F)c1. The number of aryl methyl sites for hydroxylation is 1. The van der Waals surface area contributed by atoms with E-state index >= 15 is 0 Å². The van der Waals surface area contributed by atoms with Gasteiger partial charge in [0.05, 0.1) is 5.69 Å². The van der Waals surface area contributed by atoms with Gasteiger partial charge in [0, 0.05) is 12.2 Å². The molecule has 1 heterocycles. The molecule has 106 valence electrons. The summed E-state index contributed by atoms with van der Waals surface area (Å²) in [5, 5.41) is 3.08. The van der Waals surface area contributed by atoms with Crippen LogP contribution in [0.4, 0.5) is 4.39 Å². The third-order valence-corrected chi connectivity index (χ3v) is 3.37. The van der Waals surface area contributed by atoms with Crippen molar-refractivity contribution in [3.05, 3.63) is 59.2 Å². The Morgan fingerprint density at radius 2 is 2.15 bits per heavy atom. The Morgan fingerprint density at radius 3 is 2.80 bits per heavy atom. The topological polar surface area (TPSA) is 34.1 Å². The second-order valence-electron chi connectivity index (χ2n) is 4.76. The Kier molecular flexibility index (Phi) is 4.69.